The number of aromatic nitrogens is 2. The minimum Gasteiger partial charge on any atom is -0.507 e. The van der Waals surface area contributed by atoms with Crippen LogP contribution in [0, 0.1) is 11.8 Å². The molecule has 1 aliphatic carbocycles. The maximum Gasteiger partial charge on any atom is 0.271 e. The summed E-state index contributed by atoms with van der Waals surface area (Å²) in [6, 6.07) is 9.19. The molecule has 150 valence electrons. The van der Waals surface area contributed by atoms with Gasteiger partial charge in [-0.3, -0.25) is 14.8 Å². The Morgan fingerprint density at radius 3 is 2.79 bits per heavy atom. The summed E-state index contributed by atoms with van der Waals surface area (Å²) in [5, 5.41) is 17.2. The number of amides is 1. The number of hydrogen-bond acceptors (Lipinski definition) is 4. The van der Waals surface area contributed by atoms with Gasteiger partial charge in [0.2, 0.25) is 0 Å². The Labute approximate surface area is 166 Å². The molecule has 1 amide bonds. The van der Waals surface area contributed by atoms with Gasteiger partial charge in [-0.25, -0.2) is 0 Å². The van der Waals surface area contributed by atoms with Crippen molar-refractivity contribution in [3.05, 3.63) is 36.0 Å². The highest BCUT2D eigenvalue weighted by Gasteiger charge is 2.33. The molecule has 2 aliphatic rings. The van der Waals surface area contributed by atoms with Gasteiger partial charge < -0.3 is 10.0 Å². The predicted molar refractivity (Wildman–Crippen MR) is 109 cm³/mol. The van der Waals surface area contributed by atoms with Crippen LogP contribution in [-0.2, 0) is 0 Å². The number of phenolic OH excluding ortho intramolecular Hbond substituents is 1. The van der Waals surface area contributed by atoms with Crippen LogP contribution in [0.25, 0.3) is 11.3 Å². The molecule has 6 heteroatoms. The summed E-state index contributed by atoms with van der Waals surface area (Å²) in [4.78, 5) is 17.7. The van der Waals surface area contributed by atoms with Gasteiger partial charge in [-0.05, 0) is 49.3 Å². The summed E-state index contributed by atoms with van der Waals surface area (Å²) in [6.45, 7) is 8.28. The summed E-state index contributed by atoms with van der Waals surface area (Å²) < 4.78 is 0. The minimum absolute atomic E-state index is 0.00640. The molecule has 6 nitrogen and oxygen atoms in total. The number of aromatic hydroxyl groups is 1. The average Bonchev–Trinajstić information content (AvgIpc) is 3.41. The number of benzene rings is 1. The van der Waals surface area contributed by atoms with Gasteiger partial charge in [0.15, 0.2) is 0 Å². The summed E-state index contributed by atoms with van der Waals surface area (Å²) >= 11 is 0. The monoisotopic (exact) mass is 382 g/mol. The molecule has 0 radical (unpaired) electrons. The molecule has 1 aliphatic heterocycles. The van der Waals surface area contributed by atoms with Crippen molar-refractivity contribution < 1.29 is 9.90 Å². The van der Waals surface area contributed by atoms with Crippen molar-refractivity contribution in [2.45, 2.75) is 39.2 Å². The van der Waals surface area contributed by atoms with Crippen molar-refractivity contribution in [2.75, 3.05) is 26.2 Å². The van der Waals surface area contributed by atoms with Gasteiger partial charge >= 0.3 is 0 Å². The zero-order chi connectivity index (χ0) is 19.7. The minimum atomic E-state index is -0.00640. The van der Waals surface area contributed by atoms with Gasteiger partial charge in [-0.2, -0.15) is 5.10 Å². The standard InChI is InChI=1S/C22H30N4O2/c1-15(2)20-14-26(11-5-10-25(20)13-16-8-9-16)22(28)19-12-18(23-24-19)17-6-3-4-7-21(17)27/h3-4,6-7,12,15-16,20,27H,5,8-11,13-14H2,1-2H3,(H,23,24). The number of carbonyl (C=O) groups is 1. The topological polar surface area (TPSA) is 72.5 Å². The lowest BCUT2D eigenvalue weighted by Crippen LogP contribution is -2.46. The highest BCUT2D eigenvalue weighted by atomic mass is 16.3. The van der Waals surface area contributed by atoms with E-state index in [4.69, 9.17) is 0 Å². The number of aromatic amines is 1. The van der Waals surface area contributed by atoms with Crippen LogP contribution >= 0.6 is 0 Å². The zero-order valence-corrected chi connectivity index (χ0v) is 16.8. The number of nitrogens with zero attached hydrogens (tertiary/aromatic N) is 3. The first-order valence-electron chi connectivity index (χ1n) is 10.4. The second-order valence-corrected chi connectivity index (χ2v) is 8.54. The van der Waals surface area contributed by atoms with Crippen molar-refractivity contribution in [1.29, 1.82) is 0 Å². The molecule has 1 aromatic heterocycles. The van der Waals surface area contributed by atoms with Gasteiger partial charge in [0.25, 0.3) is 5.91 Å². The third kappa shape index (κ3) is 4.07. The molecule has 2 heterocycles. The molecule has 1 saturated heterocycles. The summed E-state index contributed by atoms with van der Waals surface area (Å²) in [7, 11) is 0. The number of para-hydroxylation sites is 1. The molecule has 1 saturated carbocycles. The van der Waals surface area contributed by atoms with Crippen LogP contribution in [-0.4, -0.2) is 63.2 Å². The molecular formula is C22H30N4O2. The van der Waals surface area contributed by atoms with E-state index < -0.39 is 0 Å². The van der Waals surface area contributed by atoms with Crippen LogP contribution in [0.4, 0.5) is 0 Å². The first-order valence-corrected chi connectivity index (χ1v) is 10.4. The summed E-state index contributed by atoms with van der Waals surface area (Å²) in [5.74, 6) is 1.52. The fourth-order valence-corrected chi connectivity index (χ4v) is 4.17. The molecule has 1 atom stereocenters. The molecule has 1 aromatic carbocycles. The van der Waals surface area contributed by atoms with Gasteiger partial charge in [-0.15, -0.1) is 0 Å². The third-order valence-electron chi connectivity index (χ3n) is 5.98. The molecular weight excluding hydrogens is 352 g/mol. The molecule has 2 N–H and O–H groups in total. The highest BCUT2D eigenvalue weighted by molar-refractivity contribution is 5.93. The number of H-pyrrole nitrogens is 1. The Hall–Kier alpha value is -2.34. The molecule has 4 rings (SSSR count). The van der Waals surface area contributed by atoms with Gasteiger partial charge in [0.1, 0.15) is 11.4 Å². The molecule has 0 spiro atoms. The van der Waals surface area contributed by atoms with Crippen molar-refractivity contribution in [1.82, 2.24) is 20.0 Å². The number of nitrogens with one attached hydrogen (secondary N) is 1. The van der Waals surface area contributed by atoms with Crippen LogP contribution < -0.4 is 0 Å². The van der Waals surface area contributed by atoms with Crippen molar-refractivity contribution in [2.24, 2.45) is 11.8 Å². The highest BCUT2D eigenvalue weighted by Crippen LogP contribution is 2.32. The van der Waals surface area contributed by atoms with Crippen LogP contribution in [0.5, 0.6) is 5.75 Å². The van der Waals surface area contributed by atoms with E-state index in [-0.39, 0.29) is 11.7 Å². The van der Waals surface area contributed by atoms with Crippen molar-refractivity contribution >= 4 is 5.91 Å². The largest absolute Gasteiger partial charge is 0.507 e. The first-order chi connectivity index (χ1) is 13.5. The normalized spacial score (nSPS) is 21.1. The Morgan fingerprint density at radius 2 is 2.07 bits per heavy atom. The van der Waals surface area contributed by atoms with E-state index in [9.17, 15) is 9.90 Å². The van der Waals surface area contributed by atoms with E-state index in [1.54, 1.807) is 24.3 Å². The Morgan fingerprint density at radius 1 is 1.29 bits per heavy atom. The van der Waals surface area contributed by atoms with Crippen LogP contribution in [0.15, 0.2) is 30.3 Å². The summed E-state index contributed by atoms with van der Waals surface area (Å²) in [6.07, 6.45) is 3.71. The smallest absolute Gasteiger partial charge is 0.271 e. The lowest BCUT2D eigenvalue weighted by atomic mass is 10.0. The Balaban J connectivity index is 1.50. The molecule has 2 fully saturated rings. The summed E-state index contributed by atoms with van der Waals surface area (Å²) in [5.41, 5.74) is 1.70. The molecule has 2 aromatic rings. The van der Waals surface area contributed by atoms with Crippen molar-refractivity contribution in [3.8, 4) is 17.0 Å². The molecule has 1 unspecified atom stereocenters. The van der Waals surface area contributed by atoms with Gasteiger partial charge in [-0.1, -0.05) is 26.0 Å². The Bertz CT molecular complexity index is 827. The number of hydrogen-bond donors (Lipinski definition) is 2. The maximum absolute atomic E-state index is 13.2. The van der Waals surface area contributed by atoms with E-state index in [1.807, 2.05) is 11.0 Å². The van der Waals surface area contributed by atoms with Crippen LogP contribution in [0.2, 0.25) is 0 Å². The van der Waals surface area contributed by atoms with Gasteiger partial charge in [0.05, 0.1) is 5.69 Å². The van der Waals surface area contributed by atoms with Crippen LogP contribution in [0.3, 0.4) is 0 Å². The van der Waals surface area contributed by atoms with Crippen LogP contribution in [0.1, 0.15) is 43.6 Å². The molecule has 28 heavy (non-hydrogen) atoms. The lowest BCUT2D eigenvalue weighted by molar-refractivity contribution is 0.0698. The third-order valence-corrected chi connectivity index (χ3v) is 5.98. The number of phenols is 1. The predicted octanol–water partition coefficient (Wildman–Crippen LogP) is 3.36. The SMILES string of the molecule is CC(C)C1CN(C(=O)c2cc(-c3ccccc3O)n[nH]2)CCCN1CC1CC1. The maximum atomic E-state index is 13.2. The van der Waals surface area contributed by atoms with E-state index in [2.05, 4.69) is 28.9 Å². The quantitative estimate of drug-likeness (QED) is 0.832. The second kappa shape index (κ2) is 7.95. The van der Waals surface area contributed by atoms with Crippen molar-refractivity contribution in [3.63, 3.8) is 0 Å². The lowest BCUT2D eigenvalue weighted by Gasteiger charge is -2.34. The second-order valence-electron chi connectivity index (χ2n) is 8.54. The van der Waals surface area contributed by atoms with E-state index in [0.29, 0.717) is 28.9 Å². The van der Waals surface area contributed by atoms with Gasteiger partial charge in [0, 0.05) is 37.8 Å². The fraction of sp³-hybridized carbons (Fsp3) is 0.545. The first kappa shape index (κ1) is 19.0. The zero-order valence-electron chi connectivity index (χ0n) is 16.8. The van der Waals surface area contributed by atoms with E-state index >= 15 is 0 Å². The number of rotatable bonds is 5. The van der Waals surface area contributed by atoms with E-state index in [0.717, 1.165) is 32.0 Å². The van der Waals surface area contributed by atoms with E-state index in [1.165, 1.54) is 19.4 Å². The average molecular weight is 383 g/mol. The number of carbonyl (C=O) groups excluding carboxylic acids is 1. The molecule has 0 bridgehead atoms. The Kier molecular flexibility index (Phi) is 5.40. The fourth-order valence-electron chi connectivity index (χ4n) is 4.17.